The first kappa shape index (κ1) is 14.5. The van der Waals surface area contributed by atoms with Crippen LogP contribution in [0, 0.1) is 6.92 Å². The van der Waals surface area contributed by atoms with Crippen molar-refractivity contribution in [1.82, 2.24) is 4.90 Å². The number of halogens is 1. The fourth-order valence-electron chi connectivity index (χ4n) is 3.20. The summed E-state index contributed by atoms with van der Waals surface area (Å²) >= 11 is 6.11. The lowest BCUT2D eigenvalue weighted by molar-refractivity contribution is -0.114. The predicted molar refractivity (Wildman–Crippen MR) is 83.2 cm³/mol. The normalized spacial score (nSPS) is 19.2. The smallest absolute Gasteiger partial charge is 0.299 e. The molecule has 0 N–H and O–H groups in total. The van der Waals surface area contributed by atoms with E-state index in [0.717, 1.165) is 25.2 Å². The Morgan fingerprint density at radius 3 is 2.52 bits per heavy atom. The lowest BCUT2D eigenvalue weighted by Gasteiger charge is -2.28. The van der Waals surface area contributed by atoms with Crippen LogP contribution in [-0.2, 0) is 4.79 Å². The van der Waals surface area contributed by atoms with Gasteiger partial charge < -0.3 is 9.80 Å². The van der Waals surface area contributed by atoms with E-state index in [9.17, 15) is 9.59 Å². The van der Waals surface area contributed by atoms with E-state index in [1.807, 2.05) is 13.0 Å². The molecule has 0 unspecified atom stereocenters. The third-order valence-electron chi connectivity index (χ3n) is 4.35. The van der Waals surface area contributed by atoms with Gasteiger partial charge in [0.2, 0.25) is 0 Å². The molecule has 0 radical (unpaired) electrons. The second-order valence-electron chi connectivity index (χ2n) is 5.78. The maximum atomic E-state index is 12.2. The van der Waals surface area contributed by atoms with Crippen LogP contribution >= 0.6 is 11.6 Å². The monoisotopic (exact) mass is 306 g/mol. The first-order valence-electron chi connectivity index (χ1n) is 7.47. The summed E-state index contributed by atoms with van der Waals surface area (Å²) in [7, 11) is 0. The number of anilines is 1. The van der Waals surface area contributed by atoms with E-state index in [0.29, 0.717) is 22.8 Å². The first-order chi connectivity index (χ1) is 10.1. The molecule has 1 saturated heterocycles. The molecule has 0 atom stereocenters. The van der Waals surface area contributed by atoms with E-state index < -0.39 is 11.7 Å². The van der Waals surface area contributed by atoms with Crippen LogP contribution in [0.1, 0.15) is 35.2 Å². The molecule has 2 heterocycles. The number of likely N-dealkylation sites (tertiary alicyclic amines) is 1. The molecule has 2 aliphatic heterocycles. The SMILES string of the molecule is Cc1ccc(Cl)c2c1N(CCN1CCCCC1)C(=O)C2=O. The van der Waals surface area contributed by atoms with Crippen molar-refractivity contribution in [2.45, 2.75) is 26.2 Å². The van der Waals surface area contributed by atoms with Crippen LogP contribution in [0.25, 0.3) is 0 Å². The molecule has 112 valence electrons. The van der Waals surface area contributed by atoms with Crippen LogP contribution in [0.4, 0.5) is 5.69 Å². The van der Waals surface area contributed by atoms with Gasteiger partial charge in [-0.05, 0) is 44.5 Å². The number of fused-ring (bicyclic) bond motifs is 1. The van der Waals surface area contributed by atoms with Crippen LogP contribution in [0.5, 0.6) is 0 Å². The van der Waals surface area contributed by atoms with Crippen molar-refractivity contribution in [3.05, 3.63) is 28.3 Å². The van der Waals surface area contributed by atoms with Crippen LogP contribution in [-0.4, -0.2) is 42.8 Å². The third kappa shape index (κ3) is 2.58. The maximum Gasteiger partial charge on any atom is 0.299 e. The van der Waals surface area contributed by atoms with Gasteiger partial charge in [0.1, 0.15) is 0 Å². The van der Waals surface area contributed by atoms with Gasteiger partial charge in [0, 0.05) is 13.1 Å². The molecule has 4 nitrogen and oxygen atoms in total. The van der Waals surface area contributed by atoms with Gasteiger partial charge in [-0.3, -0.25) is 9.59 Å². The Balaban J connectivity index is 1.82. The lowest BCUT2D eigenvalue weighted by atomic mass is 10.1. The lowest BCUT2D eigenvalue weighted by Crippen LogP contribution is -2.40. The van der Waals surface area contributed by atoms with Gasteiger partial charge in [0.05, 0.1) is 16.3 Å². The van der Waals surface area contributed by atoms with Crippen molar-refractivity contribution in [1.29, 1.82) is 0 Å². The molecule has 3 rings (SSSR count). The molecular weight excluding hydrogens is 288 g/mol. The van der Waals surface area contributed by atoms with Crippen LogP contribution < -0.4 is 4.90 Å². The summed E-state index contributed by atoms with van der Waals surface area (Å²) in [5.41, 5.74) is 2.00. The van der Waals surface area contributed by atoms with Gasteiger partial charge in [-0.25, -0.2) is 0 Å². The van der Waals surface area contributed by atoms with Crippen molar-refractivity contribution < 1.29 is 9.59 Å². The van der Waals surface area contributed by atoms with E-state index in [1.54, 1.807) is 11.0 Å². The third-order valence-corrected chi connectivity index (χ3v) is 4.67. The number of piperidine rings is 1. The van der Waals surface area contributed by atoms with Crippen LogP contribution in [0.15, 0.2) is 12.1 Å². The Morgan fingerprint density at radius 2 is 1.81 bits per heavy atom. The minimum absolute atomic E-state index is 0.370. The number of carbonyl (C=O) groups excluding carboxylic acids is 2. The summed E-state index contributed by atoms with van der Waals surface area (Å²) in [5, 5.41) is 0.370. The zero-order valence-electron chi connectivity index (χ0n) is 12.2. The first-order valence-corrected chi connectivity index (χ1v) is 7.85. The highest BCUT2D eigenvalue weighted by Crippen LogP contribution is 2.36. The predicted octanol–water partition coefficient (Wildman–Crippen LogP) is 2.66. The molecule has 1 aromatic carbocycles. The molecule has 0 bridgehead atoms. The van der Waals surface area contributed by atoms with Gasteiger partial charge in [-0.2, -0.15) is 0 Å². The quantitative estimate of drug-likeness (QED) is 0.806. The molecule has 0 saturated carbocycles. The Kier molecular flexibility index (Phi) is 4.00. The van der Waals surface area contributed by atoms with E-state index in [-0.39, 0.29) is 0 Å². The number of benzene rings is 1. The molecule has 1 fully saturated rings. The van der Waals surface area contributed by atoms with E-state index in [1.165, 1.54) is 19.3 Å². The highest BCUT2D eigenvalue weighted by molar-refractivity contribution is 6.55. The summed E-state index contributed by atoms with van der Waals surface area (Å²) in [5.74, 6) is -0.921. The fraction of sp³-hybridized carbons (Fsp3) is 0.500. The van der Waals surface area contributed by atoms with Crippen molar-refractivity contribution in [2.75, 3.05) is 31.1 Å². The largest absolute Gasteiger partial charge is 0.303 e. The topological polar surface area (TPSA) is 40.6 Å². The standard InChI is InChI=1S/C16H19ClN2O2/c1-11-5-6-12(17)13-14(11)19(16(21)15(13)20)10-9-18-7-3-2-4-8-18/h5-6H,2-4,7-10H2,1H3. The number of nitrogens with zero attached hydrogens (tertiary/aromatic N) is 2. The van der Waals surface area contributed by atoms with Gasteiger partial charge >= 0.3 is 0 Å². The summed E-state index contributed by atoms with van der Waals surface area (Å²) in [6.45, 7) is 5.44. The van der Waals surface area contributed by atoms with Gasteiger partial charge in [-0.1, -0.05) is 24.1 Å². The molecule has 2 aliphatic rings. The summed E-state index contributed by atoms with van der Waals surface area (Å²) in [4.78, 5) is 28.3. The molecule has 5 heteroatoms. The Bertz CT molecular complexity index is 594. The van der Waals surface area contributed by atoms with Gasteiger partial charge in [-0.15, -0.1) is 0 Å². The summed E-state index contributed by atoms with van der Waals surface area (Å²) in [6, 6.07) is 3.55. The zero-order valence-corrected chi connectivity index (χ0v) is 12.9. The highest BCUT2D eigenvalue weighted by Gasteiger charge is 2.38. The maximum absolute atomic E-state index is 12.2. The second-order valence-corrected chi connectivity index (χ2v) is 6.18. The average Bonchev–Trinajstić information content (AvgIpc) is 2.75. The average molecular weight is 307 g/mol. The minimum atomic E-state index is -0.475. The van der Waals surface area contributed by atoms with Crippen LogP contribution in [0.2, 0.25) is 5.02 Å². The molecule has 0 aliphatic carbocycles. The zero-order chi connectivity index (χ0) is 15.0. The Morgan fingerprint density at radius 1 is 1.10 bits per heavy atom. The number of aryl methyl sites for hydroxylation is 1. The number of hydrogen-bond acceptors (Lipinski definition) is 3. The van der Waals surface area contributed by atoms with E-state index in [4.69, 9.17) is 11.6 Å². The van der Waals surface area contributed by atoms with Gasteiger partial charge in [0.25, 0.3) is 11.7 Å². The summed E-state index contributed by atoms with van der Waals surface area (Å²) < 4.78 is 0. The molecule has 0 spiro atoms. The Hall–Kier alpha value is -1.39. The molecule has 1 amide bonds. The molecule has 21 heavy (non-hydrogen) atoms. The van der Waals surface area contributed by atoms with E-state index in [2.05, 4.69) is 4.90 Å². The number of amides is 1. The number of hydrogen-bond donors (Lipinski definition) is 0. The summed E-state index contributed by atoms with van der Waals surface area (Å²) in [6.07, 6.45) is 3.72. The van der Waals surface area contributed by atoms with Crippen molar-refractivity contribution in [3.8, 4) is 0 Å². The molecular formula is C16H19ClN2O2. The van der Waals surface area contributed by atoms with Crippen molar-refractivity contribution >= 4 is 29.0 Å². The second kappa shape index (κ2) is 5.78. The van der Waals surface area contributed by atoms with Gasteiger partial charge in [0.15, 0.2) is 0 Å². The highest BCUT2D eigenvalue weighted by atomic mass is 35.5. The van der Waals surface area contributed by atoms with Crippen molar-refractivity contribution in [2.24, 2.45) is 0 Å². The van der Waals surface area contributed by atoms with Crippen LogP contribution in [0.3, 0.4) is 0 Å². The Labute approximate surface area is 129 Å². The van der Waals surface area contributed by atoms with E-state index >= 15 is 0 Å². The number of rotatable bonds is 3. The molecule has 1 aromatic rings. The fourth-order valence-corrected chi connectivity index (χ4v) is 3.44. The number of carbonyl (C=O) groups is 2. The minimum Gasteiger partial charge on any atom is -0.303 e. The molecule has 0 aromatic heterocycles. The number of ketones is 1. The number of Topliss-reactive ketones (excluding diaryl/α,β-unsaturated/α-hetero) is 1. The van der Waals surface area contributed by atoms with Crippen molar-refractivity contribution in [3.63, 3.8) is 0 Å².